The van der Waals surface area contributed by atoms with Gasteiger partial charge in [0.05, 0.1) is 5.92 Å². The average molecular weight is 253 g/mol. The van der Waals surface area contributed by atoms with E-state index in [1.165, 1.54) is 4.90 Å². The van der Waals surface area contributed by atoms with E-state index in [-0.39, 0.29) is 23.7 Å². The molecule has 5 heteroatoms. The van der Waals surface area contributed by atoms with Crippen LogP contribution >= 0.6 is 0 Å². The molecule has 0 spiro atoms. The monoisotopic (exact) mass is 253 g/mol. The number of rotatable bonds is 3. The average Bonchev–Trinajstić information content (AvgIpc) is 2.34. The molecule has 0 unspecified atom stereocenters. The summed E-state index contributed by atoms with van der Waals surface area (Å²) in [4.78, 5) is 35.5. The van der Waals surface area contributed by atoms with Crippen LogP contribution in [0.4, 0.5) is 0 Å². The van der Waals surface area contributed by atoms with Crippen LogP contribution < -0.4 is 0 Å². The highest BCUT2D eigenvalue weighted by atomic mass is 16.4. The van der Waals surface area contributed by atoms with Gasteiger partial charge in [0.1, 0.15) is 0 Å². The third kappa shape index (κ3) is 2.89. The van der Waals surface area contributed by atoms with Gasteiger partial charge in [-0.25, -0.2) is 0 Å². The minimum absolute atomic E-state index is 0.0633. The summed E-state index contributed by atoms with van der Waals surface area (Å²) in [5, 5.41) is 8.91. The number of carboxylic acids is 1. The summed E-state index contributed by atoms with van der Waals surface area (Å²) in [7, 11) is 0. The summed E-state index contributed by atoms with van der Waals surface area (Å²) in [5.74, 6) is -0.808. The number of carbonyl (C=O) groups is 3. The number of carboxylic acid groups (broad SMARTS) is 1. The Kier molecular flexibility index (Phi) is 3.99. The number of carbonyl (C=O) groups excluding carboxylic acids is 2. The van der Waals surface area contributed by atoms with Gasteiger partial charge in [-0.05, 0) is 38.0 Å². The second kappa shape index (κ2) is 5.50. The van der Waals surface area contributed by atoms with E-state index in [9.17, 15) is 14.4 Å². The van der Waals surface area contributed by atoms with Crippen molar-refractivity contribution >= 4 is 17.8 Å². The van der Waals surface area contributed by atoms with E-state index in [0.717, 1.165) is 12.8 Å². The van der Waals surface area contributed by atoms with Crippen molar-refractivity contribution in [3.05, 3.63) is 0 Å². The zero-order chi connectivity index (χ0) is 13.1. The van der Waals surface area contributed by atoms with Crippen LogP contribution in [0.25, 0.3) is 0 Å². The maximum absolute atomic E-state index is 11.7. The quantitative estimate of drug-likeness (QED) is 0.772. The number of piperidine rings is 1. The lowest BCUT2D eigenvalue weighted by Gasteiger charge is -2.32. The van der Waals surface area contributed by atoms with E-state index >= 15 is 0 Å². The molecule has 0 atom stereocenters. The molecule has 0 radical (unpaired) electrons. The first-order valence-electron chi connectivity index (χ1n) is 6.64. The van der Waals surface area contributed by atoms with Gasteiger partial charge in [0, 0.05) is 19.4 Å². The smallest absolute Gasteiger partial charge is 0.306 e. The fourth-order valence-corrected chi connectivity index (χ4v) is 2.85. The molecule has 2 amide bonds. The Morgan fingerprint density at radius 1 is 1.11 bits per heavy atom. The highest BCUT2D eigenvalue weighted by Crippen LogP contribution is 2.30. The highest BCUT2D eigenvalue weighted by molar-refractivity contribution is 5.97. The number of amides is 2. The standard InChI is InChI=1S/C13H19NO4/c15-11-2-1-3-12(16)14(11)8-9-4-6-10(7-5-9)13(17)18/h9-10H,1-8H2,(H,17,18). The molecule has 0 aromatic rings. The number of hydrogen-bond donors (Lipinski definition) is 1. The van der Waals surface area contributed by atoms with Crippen LogP contribution in [0.3, 0.4) is 0 Å². The molecule has 1 aliphatic carbocycles. The van der Waals surface area contributed by atoms with E-state index < -0.39 is 5.97 Å². The summed E-state index contributed by atoms with van der Waals surface area (Å²) in [6.07, 6.45) is 4.53. The molecule has 2 rings (SSSR count). The zero-order valence-corrected chi connectivity index (χ0v) is 10.4. The first-order valence-corrected chi connectivity index (χ1v) is 6.64. The second-order valence-electron chi connectivity index (χ2n) is 5.31. The molecule has 18 heavy (non-hydrogen) atoms. The lowest BCUT2D eigenvalue weighted by molar-refractivity contribution is -0.150. The summed E-state index contributed by atoms with van der Waals surface area (Å²) in [6.45, 7) is 0.490. The van der Waals surface area contributed by atoms with Crippen molar-refractivity contribution in [2.24, 2.45) is 11.8 Å². The third-order valence-electron chi connectivity index (χ3n) is 4.02. The van der Waals surface area contributed by atoms with Gasteiger partial charge < -0.3 is 5.11 Å². The Bertz CT molecular complexity index is 342. The number of hydrogen-bond acceptors (Lipinski definition) is 3. The fourth-order valence-electron chi connectivity index (χ4n) is 2.85. The lowest BCUT2D eigenvalue weighted by atomic mass is 9.81. The Hall–Kier alpha value is -1.39. The molecule has 2 fully saturated rings. The predicted molar refractivity (Wildman–Crippen MR) is 63.7 cm³/mol. The molecule has 2 aliphatic rings. The van der Waals surface area contributed by atoms with E-state index in [1.54, 1.807) is 0 Å². The van der Waals surface area contributed by atoms with Crippen LogP contribution in [0.2, 0.25) is 0 Å². The lowest BCUT2D eigenvalue weighted by Crippen LogP contribution is -2.43. The molecule has 1 saturated heterocycles. The molecular formula is C13H19NO4. The second-order valence-corrected chi connectivity index (χ2v) is 5.31. The van der Waals surface area contributed by atoms with Crippen molar-refractivity contribution < 1.29 is 19.5 Å². The molecule has 100 valence electrons. The van der Waals surface area contributed by atoms with Crippen molar-refractivity contribution in [1.82, 2.24) is 4.90 Å². The molecule has 0 aromatic heterocycles. The maximum Gasteiger partial charge on any atom is 0.306 e. The predicted octanol–water partition coefficient (Wildman–Crippen LogP) is 1.42. The van der Waals surface area contributed by atoms with E-state index in [0.29, 0.717) is 38.6 Å². The van der Waals surface area contributed by atoms with E-state index in [1.807, 2.05) is 0 Å². The molecule has 1 aliphatic heterocycles. The molecular weight excluding hydrogens is 234 g/mol. The number of likely N-dealkylation sites (tertiary alicyclic amines) is 1. The number of nitrogens with zero attached hydrogens (tertiary/aromatic N) is 1. The first kappa shape index (κ1) is 13.1. The molecule has 5 nitrogen and oxygen atoms in total. The third-order valence-corrected chi connectivity index (χ3v) is 4.02. The summed E-state index contributed by atoms with van der Waals surface area (Å²) in [6, 6.07) is 0. The van der Waals surface area contributed by atoms with Gasteiger partial charge in [-0.1, -0.05) is 0 Å². The highest BCUT2D eigenvalue weighted by Gasteiger charge is 2.31. The normalized spacial score (nSPS) is 29.4. The maximum atomic E-state index is 11.7. The van der Waals surface area contributed by atoms with Crippen molar-refractivity contribution in [2.45, 2.75) is 44.9 Å². The summed E-state index contributed by atoms with van der Waals surface area (Å²) >= 11 is 0. The minimum Gasteiger partial charge on any atom is -0.481 e. The van der Waals surface area contributed by atoms with E-state index in [2.05, 4.69) is 0 Å². The topological polar surface area (TPSA) is 74.7 Å². The minimum atomic E-state index is -0.724. The molecule has 1 heterocycles. The van der Waals surface area contributed by atoms with Crippen LogP contribution in [-0.4, -0.2) is 34.3 Å². The Labute approximate surface area is 106 Å². The molecule has 1 N–H and O–H groups in total. The van der Waals surface area contributed by atoms with Gasteiger partial charge in [0.2, 0.25) is 11.8 Å². The molecule has 1 saturated carbocycles. The van der Waals surface area contributed by atoms with Gasteiger partial charge in [0.15, 0.2) is 0 Å². The van der Waals surface area contributed by atoms with Gasteiger partial charge in [-0.3, -0.25) is 19.3 Å². The van der Waals surface area contributed by atoms with Crippen molar-refractivity contribution in [1.29, 1.82) is 0 Å². The van der Waals surface area contributed by atoms with Crippen LogP contribution in [0.5, 0.6) is 0 Å². The summed E-state index contributed by atoms with van der Waals surface area (Å²) in [5.41, 5.74) is 0. The van der Waals surface area contributed by atoms with Crippen LogP contribution in [0, 0.1) is 11.8 Å². The Balaban J connectivity index is 1.85. The van der Waals surface area contributed by atoms with Gasteiger partial charge in [0.25, 0.3) is 0 Å². The zero-order valence-electron chi connectivity index (χ0n) is 10.4. The molecule has 0 bridgehead atoms. The van der Waals surface area contributed by atoms with E-state index in [4.69, 9.17) is 5.11 Å². The SMILES string of the molecule is O=C(O)C1CCC(CN2C(=O)CCCC2=O)CC1. The van der Waals surface area contributed by atoms with Gasteiger partial charge in [-0.15, -0.1) is 0 Å². The van der Waals surface area contributed by atoms with Crippen molar-refractivity contribution in [3.63, 3.8) is 0 Å². The van der Waals surface area contributed by atoms with Crippen molar-refractivity contribution in [2.75, 3.05) is 6.54 Å². The van der Waals surface area contributed by atoms with Gasteiger partial charge >= 0.3 is 5.97 Å². The Morgan fingerprint density at radius 2 is 1.67 bits per heavy atom. The number of imide groups is 1. The van der Waals surface area contributed by atoms with Gasteiger partial charge in [-0.2, -0.15) is 0 Å². The van der Waals surface area contributed by atoms with Crippen LogP contribution in [-0.2, 0) is 14.4 Å². The largest absolute Gasteiger partial charge is 0.481 e. The fraction of sp³-hybridized carbons (Fsp3) is 0.769. The molecule has 0 aromatic carbocycles. The first-order chi connectivity index (χ1) is 8.58. The van der Waals surface area contributed by atoms with Crippen LogP contribution in [0.1, 0.15) is 44.9 Å². The summed E-state index contributed by atoms with van der Waals surface area (Å²) < 4.78 is 0. The number of aliphatic carboxylic acids is 1. The van der Waals surface area contributed by atoms with Crippen LogP contribution in [0.15, 0.2) is 0 Å². The Morgan fingerprint density at radius 3 is 2.17 bits per heavy atom. The van der Waals surface area contributed by atoms with Crippen molar-refractivity contribution in [3.8, 4) is 0 Å².